The largest absolute Gasteiger partial charge is 0.486 e. The summed E-state index contributed by atoms with van der Waals surface area (Å²) in [6.45, 7) is 8.14. The van der Waals surface area contributed by atoms with Gasteiger partial charge in [-0.25, -0.2) is 13.8 Å². The fourth-order valence-electron chi connectivity index (χ4n) is 7.01. The summed E-state index contributed by atoms with van der Waals surface area (Å²) in [5.41, 5.74) is 5.87. The van der Waals surface area contributed by atoms with Crippen LogP contribution in [0.4, 0.5) is 4.39 Å². The normalized spacial score (nSPS) is 18.3. The Labute approximate surface area is 302 Å². The van der Waals surface area contributed by atoms with Crippen molar-refractivity contribution in [2.75, 3.05) is 26.3 Å². The van der Waals surface area contributed by atoms with Crippen molar-refractivity contribution in [2.24, 2.45) is 0 Å². The molecule has 0 N–H and O–H groups in total. The Morgan fingerprint density at radius 3 is 1.90 bits per heavy atom. The number of ether oxygens (including phenoxy) is 2. The number of benzene rings is 4. The molecule has 14 heteroatoms. The van der Waals surface area contributed by atoms with E-state index in [1.54, 1.807) is 12.1 Å². The molecule has 2 unspecified atom stereocenters. The monoisotopic (exact) mass is 750 g/mol. The molecule has 0 bridgehead atoms. The minimum Gasteiger partial charge on any atom is -0.486 e. The summed E-state index contributed by atoms with van der Waals surface area (Å²) in [6.07, 6.45) is 0. The molecule has 6 aromatic rings. The van der Waals surface area contributed by atoms with Gasteiger partial charge in [-0.05, 0) is 86.4 Å². The van der Waals surface area contributed by atoms with E-state index < -0.39 is 0 Å². The molecule has 3 aliphatic heterocycles. The van der Waals surface area contributed by atoms with Crippen molar-refractivity contribution in [1.82, 2.24) is 50.2 Å². The Bertz CT molecular complexity index is 2120. The van der Waals surface area contributed by atoms with Crippen LogP contribution >= 0.6 is 15.9 Å². The van der Waals surface area contributed by atoms with E-state index in [1.165, 1.54) is 28.8 Å². The average Bonchev–Trinajstić information content (AvgIpc) is 3.82. The standard InChI is InChI=1S/C20H21N5O2.C17H15BrFN5/c1-14-3-2-4-15(11-14)13-24-7-8-25-20(21-22-23-25)19(24)16-5-6-17-18(12-16)27-10-9-26-17;18-14-3-1-2-12(10-14)11-23-8-9-24-17(20-21-22-24)16(23)13-4-6-15(19)7-5-13/h2-6,11-12,19H,7-10,13H2,1H3;1-7,10,16H,8-9,11H2. The van der Waals surface area contributed by atoms with E-state index in [2.05, 4.69) is 112 Å². The van der Waals surface area contributed by atoms with Gasteiger partial charge in [-0.3, -0.25) is 9.80 Å². The number of rotatable bonds is 6. The molecule has 2 atom stereocenters. The number of nitrogens with zero attached hydrogens (tertiary/aromatic N) is 10. The minimum atomic E-state index is -0.243. The Morgan fingerprint density at radius 1 is 0.667 bits per heavy atom. The van der Waals surface area contributed by atoms with Crippen molar-refractivity contribution >= 4 is 15.9 Å². The van der Waals surface area contributed by atoms with Crippen LogP contribution in [0, 0.1) is 12.7 Å². The lowest BCUT2D eigenvalue weighted by Gasteiger charge is -2.35. The molecule has 4 aromatic carbocycles. The topological polar surface area (TPSA) is 112 Å². The Hall–Kier alpha value is -5.05. The van der Waals surface area contributed by atoms with Crippen LogP contribution in [0.25, 0.3) is 0 Å². The van der Waals surface area contributed by atoms with Gasteiger partial charge in [-0.2, -0.15) is 0 Å². The number of hydrogen-bond donors (Lipinski definition) is 0. The first-order valence-electron chi connectivity index (χ1n) is 16.9. The number of aryl methyl sites for hydroxylation is 1. The lowest BCUT2D eigenvalue weighted by molar-refractivity contribution is 0.159. The lowest BCUT2D eigenvalue weighted by atomic mass is 10.0. The molecule has 9 rings (SSSR count). The number of hydrogen-bond acceptors (Lipinski definition) is 10. The summed E-state index contributed by atoms with van der Waals surface area (Å²) in [7, 11) is 0. The van der Waals surface area contributed by atoms with Gasteiger partial charge in [-0.1, -0.05) is 76.1 Å². The van der Waals surface area contributed by atoms with Crippen LogP contribution in [0.3, 0.4) is 0 Å². The molecule has 0 aliphatic carbocycles. The fourth-order valence-corrected chi connectivity index (χ4v) is 7.46. The Morgan fingerprint density at radius 2 is 1.25 bits per heavy atom. The van der Waals surface area contributed by atoms with Gasteiger partial charge in [-0.15, -0.1) is 10.2 Å². The molecule has 5 heterocycles. The van der Waals surface area contributed by atoms with Gasteiger partial charge in [0.15, 0.2) is 23.1 Å². The first kappa shape index (κ1) is 33.1. The zero-order valence-electron chi connectivity index (χ0n) is 28.0. The molecule has 0 saturated heterocycles. The van der Waals surface area contributed by atoms with Gasteiger partial charge < -0.3 is 9.47 Å². The van der Waals surface area contributed by atoms with E-state index in [0.29, 0.717) is 13.2 Å². The zero-order chi connectivity index (χ0) is 34.7. The summed E-state index contributed by atoms with van der Waals surface area (Å²) in [4.78, 5) is 4.74. The van der Waals surface area contributed by atoms with Crippen LogP contribution in [0.15, 0.2) is 95.5 Å². The fraction of sp³-hybridized carbons (Fsp3) is 0.297. The highest BCUT2D eigenvalue weighted by atomic mass is 79.9. The summed E-state index contributed by atoms with van der Waals surface area (Å²) in [6, 6.07) is 29.5. The van der Waals surface area contributed by atoms with Gasteiger partial charge in [0.25, 0.3) is 0 Å². The van der Waals surface area contributed by atoms with Crippen LogP contribution in [-0.2, 0) is 26.2 Å². The number of aromatic nitrogens is 8. The first-order chi connectivity index (χ1) is 25.0. The van der Waals surface area contributed by atoms with E-state index in [9.17, 15) is 4.39 Å². The number of tetrazole rings is 2. The van der Waals surface area contributed by atoms with Gasteiger partial charge in [0.05, 0.1) is 25.2 Å². The van der Waals surface area contributed by atoms with Gasteiger partial charge >= 0.3 is 0 Å². The van der Waals surface area contributed by atoms with Gasteiger partial charge in [0.2, 0.25) is 0 Å². The predicted molar refractivity (Wildman–Crippen MR) is 189 cm³/mol. The first-order valence-corrected chi connectivity index (χ1v) is 17.7. The van der Waals surface area contributed by atoms with Crippen LogP contribution in [-0.4, -0.2) is 76.5 Å². The zero-order valence-corrected chi connectivity index (χ0v) is 29.6. The second-order valence-electron chi connectivity index (χ2n) is 12.8. The summed E-state index contributed by atoms with van der Waals surface area (Å²) >= 11 is 3.52. The molecule has 260 valence electrons. The molecule has 0 amide bonds. The highest BCUT2D eigenvalue weighted by Crippen LogP contribution is 2.38. The van der Waals surface area contributed by atoms with Gasteiger partial charge in [0, 0.05) is 30.7 Å². The van der Waals surface area contributed by atoms with Crippen molar-refractivity contribution < 1.29 is 13.9 Å². The summed E-state index contributed by atoms with van der Waals surface area (Å²) < 4.78 is 29.6. The predicted octanol–water partition coefficient (Wildman–Crippen LogP) is 5.54. The highest BCUT2D eigenvalue weighted by molar-refractivity contribution is 9.10. The molecular formula is C37H36BrFN10O2. The van der Waals surface area contributed by atoms with Crippen LogP contribution in [0.5, 0.6) is 11.5 Å². The minimum absolute atomic E-state index is 0.0231. The van der Waals surface area contributed by atoms with E-state index >= 15 is 0 Å². The molecule has 51 heavy (non-hydrogen) atoms. The SMILES string of the molecule is Cc1cccc(CN2CCn3nnnc3C2c2ccc3c(c2)OCCO3)c1.Fc1ccc(C2c3nnnn3CCN2Cc2cccc(Br)c2)cc1. The smallest absolute Gasteiger partial charge is 0.173 e. The molecular weight excluding hydrogens is 715 g/mol. The van der Waals surface area contributed by atoms with Crippen molar-refractivity contribution in [3.05, 3.63) is 141 Å². The number of halogens is 2. The van der Waals surface area contributed by atoms with E-state index in [1.807, 2.05) is 27.6 Å². The molecule has 12 nitrogen and oxygen atoms in total. The Balaban J connectivity index is 0.000000148. The van der Waals surface area contributed by atoms with Crippen LogP contribution in [0.2, 0.25) is 0 Å². The van der Waals surface area contributed by atoms with Crippen molar-refractivity contribution in [2.45, 2.75) is 45.2 Å². The number of fused-ring (bicyclic) bond motifs is 3. The lowest BCUT2D eigenvalue weighted by Crippen LogP contribution is -2.39. The van der Waals surface area contributed by atoms with Crippen LogP contribution < -0.4 is 9.47 Å². The molecule has 3 aliphatic rings. The second kappa shape index (κ2) is 14.7. The van der Waals surface area contributed by atoms with E-state index in [4.69, 9.17) is 9.47 Å². The maximum Gasteiger partial charge on any atom is 0.173 e. The van der Waals surface area contributed by atoms with Gasteiger partial charge in [0.1, 0.15) is 19.0 Å². The molecule has 0 spiro atoms. The third-order valence-electron chi connectivity index (χ3n) is 9.35. The second-order valence-corrected chi connectivity index (χ2v) is 13.8. The maximum atomic E-state index is 13.3. The molecule has 0 saturated carbocycles. The summed E-state index contributed by atoms with van der Waals surface area (Å²) in [5.74, 6) is 3.01. The van der Waals surface area contributed by atoms with Crippen molar-refractivity contribution in [3.8, 4) is 11.5 Å². The highest BCUT2D eigenvalue weighted by Gasteiger charge is 2.34. The Kier molecular flexibility index (Phi) is 9.52. The van der Waals surface area contributed by atoms with E-state index in [0.717, 1.165) is 78.0 Å². The van der Waals surface area contributed by atoms with Crippen molar-refractivity contribution in [1.29, 1.82) is 0 Å². The third kappa shape index (κ3) is 7.25. The maximum absolute atomic E-state index is 13.3. The van der Waals surface area contributed by atoms with Crippen molar-refractivity contribution in [3.63, 3.8) is 0 Å². The molecule has 0 fully saturated rings. The third-order valence-corrected chi connectivity index (χ3v) is 9.84. The molecule has 2 aromatic heterocycles. The summed E-state index contributed by atoms with van der Waals surface area (Å²) in [5, 5.41) is 24.4. The van der Waals surface area contributed by atoms with E-state index in [-0.39, 0.29) is 17.9 Å². The molecule has 0 radical (unpaired) electrons. The van der Waals surface area contributed by atoms with Crippen LogP contribution in [0.1, 0.15) is 51.5 Å². The quantitative estimate of drug-likeness (QED) is 0.215. The average molecular weight is 752 g/mol.